The lowest BCUT2D eigenvalue weighted by Gasteiger charge is -2.34. The second kappa shape index (κ2) is 6.15. The van der Waals surface area contributed by atoms with Crippen molar-refractivity contribution < 1.29 is 4.42 Å². The van der Waals surface area contributed by atoms with Crippen LogP contribution in [0.2, 0.25) is 0 Å². The van der Waals surface area contributed by atoms with Crippen LogP contribution in [0.1, 0.15) is 17.0 Å². The maximum Gasteiger partial charge on any atom is 0.180 e. The Kier molecular flexibility index (Phi) is 4.08. The standard InChI is InChI=1S/C15H20N4O/c1-13-3-2-4-16-15(13)10-19-7-5-18(6-8-19)9-14-11-20-12-17-14/h2-4,11-12H,5-10H2,1H3. The molecule has 0 aromatic carbocycles. The van der Waals surface area contributed by atoms with Gasteiger partial charge in [-0.05, 0) is 18.6 Å². The first-order chi connectivity index (χ1) is 9.81. The van der Waals surface area contributed by atoms with Crippen molar-refractivity contribution in [2.24, 2.45) is 0 Å². The molecule has 1 saturated heterocycles. The van der Waals surface area contributed by atoms with Gasteiger partial charge in [0.05, 0.1) is 11.4 Å². The molecular weight excluding hydrogens is 252 g/mol. The van der Waals surface area contributed by atoms with Crippen LogP contribution in [-0.4, -0.2) is 45.9 Å². The van der Waals surface area contributed by atoms with Gasteiger partial charge in [-0.1, -0.05) is 6.07 Å². The van der Waals surface area contributed by atoms with Crippen molar-refractivity contribution in [2.45, 2.75) is 20.0 Å². The lowest BCUT2D eigenvalue weighted by Crippen LogP contribution is -2.45. The minimum absolute atomic E-state index is 0.882. The molecule has 0 N–H and O–H groups in total. The third-order valence-electron chi connectivity index (χ3n) is 3.83. The van der Waals surface area contributed by atoms with Crippen LogP contribution in [0.15, 0.2) is 35.4 Å². The molecule has 2 aromatic heterocycles. The number of pyridine rings is 1. The smallest absolute Gasteiger partial charge is 0.180 e. The molecule has 0 aliphatic carbocycles. The first kappa shape index (κ1) is 13.3. The predicted octanol–water partition coefficient (Wildman–Crippen LogP) is 1.70. The Bertz CT molecular complexity index is 533. The maximum atomic E-state index is 5.01. The molecular formula is C15H20N4O. The van der Waals surface area contributed by atoms with Gasteiger partial charge in [-0.2, -0.15) is 0 Å². The van der Waals surface area contributed by atoms with E-state index in [0.717, 1.165) is 45.0 Å². The van der Waals surface area contributed by atoms with Crippen LogP contribution in [0.25, 0.3) is 0 Å². The lowest BCUT2D eigenvalue weighted by molar-refractivity contribution is 0.120. The van der Waals surface area contributed by atoms with Gasteiger partial charge in [0.1, 0.15) is 6.26 Å². The van der Waals surface area contributed by atoms with Crippen LogP contribution in [-0.2, 0) is 13.1 Å². The molecule has 5 heteroatoms. The molecule has 106 valence electrons. The van der Waals surface area contributed by atoms with Crippen molar-refractivity contribution in [1.29, 1.82) is 0 Å². The van der Waals surface area contributed by atoms with Crippen LogP contribution in [0.4, 0.5) is 0 Å². The SMILES string of the molecule is Cc1cccnc1CN1CCN(Cc2cocn2)CC1. The number of hydrogen-bond acceptors (Lipinski definition) is 5. The highest BCUT2D eigenvalue weighted by Crippen LogP contribution is 2.11. The Labute approximate surface area is 119 Å². The zero-order valence-electron chi connectivity index (χ0n) is 11.8. The zero-order chi connectivity index (χ0) is 13.8. The highest BCUT2D eigenvalue weighted by Gasteiger charge is 2.18. The van der Waals surface area contributed by atoms with Gasteiger partial charge in [0.25, 0.3) is 0 Å². The average molecular weight is 272 g/mol. The van der Waals surface area contributed by atoms with E-state index in [4.69, 9.17) is 4.42 Å². The van der Waals surface area contributed by atoms with Gasteiger partial charge in [0, 0.05) is 45.5 Å². The predicted molar refractivity (Wildman–Crippen MR) is 76.0 cm³/mol. The fourth-order valence-corrected chi connectivity index (χ4v) is 2.55. The summed E-state index contributed by atoms with van der Waals surface area (Å²) >= 11 is 0. The second-order valence-corrected chi connectivity index (χ2v) is 5.30. The molecule has 2 aromatic rings. The third kappa shape index (κ3) is 3.23. The molecule has 0 bridgehead atoms. The van der Waals surface area contributed by atoms with Gasteiger partial charge in [0.2, 0.25) is 0 Å². The molecule has 1 aliphatic rings. The van der Waals surface area contributed by atoms with Crippen LogP contribution in [0.3, 0.4) is 0 Å². The van der Waals surface area contributed by atoms with E-state index in [1.54, 1.807) is 6.26 Å². The van der Waals surface area contributed by atoms with Gasteiger partial charge < -0.3 is 4.42 Å². The second-order valence-electron chi connectivity index (χ2n) is 5.30. The Balaban J connectivity index is 1.50. The van der Waals surface area contributed by atoms with E-state index in [1.165, 1.54) is 17.7 Å². The molecule has 0 spiro atoms. The first-order valence-corrected chi connectivity index (χ1v) is 7.03. The van der Waals surface area contributed by atoms with Crippen molar-refractivity contribution >= 4 is 0 Å². The van der Waals surface area contributed by atoms with Gasteiger partial charge in [-0.25, -0.2) is 4.98 Å². The first-order valence-electron chi connectivity index (χ1n) is 7.03. The van der Waals surface area contributed by atoms with Crippen molar-refractivity contribution in [2.75, 3.05) is 26.2 Å². The van der Waals surface area contributed by atoms with Crippen LogP contribution < -0.4 is 0 Å². The Hall–Kier alpha value is -1.72. The van der Waals surface area contributed by atoms with Gasteiger partial charge >= 0.3 is 0 Å². The van der Waals surface area contributed by atoms with E-state index >= 15 is 0 Å². The molecule has 1 aliphatic heterocycles. The zero-order valence-corrected chi connectivity index (χ0v) is 11.8. The Morgan fingerprint density at radius 2 is 1.85 bits per heavy atom. The summed E-state index contributed by atoms with van der Waals surface area (Å²) in [4.78, 5) is 13.5. The summed E-state index contributed by atoms with van der Waals surface area (Å²) in [5.41, 5.74) is 3.48. The number of rotatable bonds is 4. The minimum Gasteiger partial charge on any atom is -0.451 e. The van der Waals surface area contributed by atoms with E-state index in [-0.39, 0.29) is 0 Å². The van der Waals surface area contributed by atoms with Crippen molar-refractivity contribution in [1.82, 2.24) is 19.8 Å². The van der Waals surface area contributed by atoms with Crippen LogP contribution in [0, 0.1) is 6.92 Å². The molecule has 3 rings (SSSR count). The largest absolute Gasteiger partial charge is 0.451 e. The number of hydrogen-bond donors (Lipinski definition) is 0. The number of aromatic nitrogens is 2. The van der Waals surface area contributed by atoms with E-state index in [1.807, 2.05) is 12.3 Å². The molecule has 3 heterocycles. The monoisotopic (exact) mass is 272 g/mol. The normalized spacial score (nSPS) is 17.4. The summed E-state index contributed by atoms with van der Waals surface area (Å²) in [6.45, 7) is 8.25. The summed E-state index contributed by atoms with van der Waals surface area (Å²) < 4.78 is 5.01. The van der Waals surface area contributed by atoms with Crippen LogP contribution >= 0.6 is 0 Å². The summed E-state index contributed by atoms with van der Waals surface area (Å²) in [6, 6.07) is 4.12. The molecule has 20 heavy (non-hydrogen) atoms. The van der Waals surface area contributed by atoms with Gasteiger partial charge in [-0.3, -0.25) is 14.8 Å². The Morgan fingerprint density at radius 3 is 2.50 bits per heavy atom. The number of aryl methyl sites for hydroxylation is 1. The number of nitrogens with zero attached hydrogens (tertiary/aromatic N) is 4. The van der Waals surface area contributed by atoms with Crippen molar-refractivity contribution in [3.8, 4) is 0 Å². The Morgan fingerprint density at radius 1 is 1.10 bits per heavy atom. The molecule has 0 atom stereocenters. The summed E-state index contributed by atoms with van der Waals surface area (Å²) in [7, 11) is 0. The molecule has 0 radical (unpaired) electrons. The van der Waals surface area contributed by atoms with Crippen molar-refractivity contribution in [3.63, 3.8) is 0 Å². The topological polar surface area (TPSA) is 45.4 Å². The molecule has 5 nitrogen and oxygen atoms in total. The third-order valence-corrected chi connectivity index (χ3v) is 3.83. The molecule has 0 saturated carbocycles. The molecule has 1 fully saturated rings. The van der Waals surface area contributed by atoms with Crippen LogP contribution in [0.5, 0.6) is 0 Å². The quantitative estimate of drug-likeness (QED) is 0.847. The fraction of sp³-hybridized carbons (Fsp3) is 0.467. The van der Waals surface area contributed by atoms with E-state index in [2.05, 4.69) is 32.8 Å². The number of piperazine rings is 1. The van der Waals surface area contributed by atoms with E-state index < -0.39 is 0 Å². The number of oxazole rings is 1. The highest BCUT2D eigenvalue weighted by molar-refractivity contribution is 5.17. The van der Waals surface area contributed by atoms with Gasteiger partial charge in [0.15, 0.2) is 6.39 Å². The average Bonchev–Trinajstić information content (AvgIpc) is 2.96. The summed E-state index contributed by atoms with van der Waals surface area (Å²) in [6.07, 6.45) is 5.10. The highest BCUT2D eigenvalue weighted by atomic mass is 16.3. The lowest BCUT2D eigenvalue weighted by atomic mass is 10.2. The van der Waals surface area contributed by atoms with E-state index in [0.29, 0.717) is 0 Å². The van der Waals surface area contributed by atoms with Gasteiger partial charge in [-0.15, -0.1) is 0 Å². The minimum atomic E-state index is 0.882. The molecule has 0 unspecified atom stereocenters. The molecule has 0 amide bonds. The summed E-state index contributed by atoms with van der Waals surface area (Å²) in [5, 5.41) is 0. The van der Waals surface area contributed by atoms with E-state index in [9.17, 15) is 0 Å². The maximum absolute atomic E-state index is 5.01. The fourth-order valence-electron chi connectivity index (χ4n) is 2.55. The summed E-state index contributed by atoms with van der Waals surface area (Å²) in [5.74, 6) is 0. The van der Waals surface area contributed by atoms with Crippen molar-refractivity contribution in [3.05, 3.63) is 47.9 Å².